The zero-order valence-electron chi connectivity index (χ0n) is 9.30. The third-order valence-corrected chi connectivity index (χ3v) is 1.71. The summed E-state index contributed by atoms with van der Waals surface area (Å²) in [4.78, 5) is 11.1. The molecule has 0 amide bonds. The van der Waals surface area contributed by atoms with E-state index in [1.807, 2.05) is 0 Å². The highest BCUT2D eigenvalue weighted by Gasteiger charge is 2.16. The minimum atomic E-state index is -1.28. The van der Waals surface area contributed by atoms with Gasteiger partial charge in [-0.3, -0.25) is 0 Å². The van der Waals surface area contributed by atoms with Crippen LogP contribution in [0.2, 0.25) is 0 Å². The summed E-state index contributed by atoms with van der Waals surface area (Å²) in [5.41, 5.74) is 0. The van der Waals surface area contributed by atoms with Gasteiger partial charge in [-0.05, 0) is 13.8 Å². The van der Waals surface area contributed by atoms with Gasteiger partial charge in [0.25, 0.3) is 0 Å². The molecule has 0 aliphatic carbocycles. The molecule has 0 spiro atoms. The normalized spacial score (nSPS) is 10.7. The number of benzene rings is 1. The highest BCUT2D eigenvalue weighted by atomic mass is 19.1. The van der Waals surface area contributed by atoms with Crippen LogP contribution in [0.15, 0.2) is 12.1 Å². The van der Waals surface area contributed by atoms with Crippen LogP contribution in [-0.4, -0.2) is 18.7 Å². The Morgan fingerprint density at radius 3 is 2.24 bits per heavy atom. The quantitative estimate of drug-likeness (QED) is 0.606. The van der Waals surface area contributed by atoms with Crippen molar-refractivity contribution in [3.05, 3.63) is 29.6 Å². The van der Waals surface area contributed by atoms with Gasteiger partial charge in [-0.25, -0.2) is 18.0 Å². The van der Waals surface area contributed by atoms with Crippen LogP contribution in [0.1, 0.15) is 13.8 Å². The van der Waals surface area contributed by atoms with E-state index < -0.39 is 35.8 Å². The molecule has 1 aromatic rings. The van der Waals surface area contributed by atoms with Crippen LogP contribution in [0.4, 0.5) is 13.2 Å². The fourth-order valence-corrected chi connectivity index (χ4v) is 1.00. The number of halogens is 3. The molecule has 0 N–H and O–H groups in total. The highest BCUT2D eigenvalue weighted by molar-refractivity contribution is 5.73. The summed E-state index contributed by atoms with van der Waals surface area (Å²) in [5.74, 6) is -5.52. The maximum atomic E-state index is 13.1. The Labute approximate surface area is 96.1 Å². The Hall–Kier alpha value is -1.56. The van der Waals surface area contributed by atoms with E-state index in [2.05, 4.69) is 4.74 Å². The van der Waals surface area contributed by atoms with Crippen molar-refractivity contribution in [1.29, 1.82) is 0 Å². The molecule has 0 bridgehead atoms. The average Bonchev–Trinajstić information content (AvgIpc) is 2.20. The molecular weight excluding hydrogens is 237 g/mol. The minimum absolute atomic E-state index is 0.217. The second-order valence-electron chi connectivity index (χ2n) is 3.53. The Balaban J connectivity index is 2.72. The molecule has 0 saturated heterocycles. The van der Waals surface area contributed by atoms with Gasteiger partial charge in [-0.15, -0.1) is 0 Å². The highest BCUT2D eigenvalue weighted by Crippen LogP contribution is 2.22. The number of carbonyl (C=O) groups is 1. The number of rotatable bonds is 4. The summed E-state index contributed by atoms with van der Waals surface area (Å²) < 4.78 is 48.0. The van der Waals surface area contributed by atoms with E-state index in [0.29, 0.717) is 12.1 Å². The first-order valence-corrected chi connectivity index (χ1v) is 4.87. The Morgan fingerprint density at radius 1 is 1.24 bits per heavy atom. The summed E-state index contributed by atoms with van der Waals surface area (Å²) in [6, 6.07) is 0.851. The monoisotopic (exact) mass is 248 g/mol. The lowest BCUT2D eigenvalue weighted by atomic mass is 10.3. The van der Waals surface area contributed by atoms with Crippen LogP contribution >= 0.6 is 0 Å². The van der Waals surface area contributed by atoms with E-state index >= 15 is 0 Å². The maximum absolute atomic E-state index is 13.1. The fourth-order valence-electron chi connectivity index (χ4n) is 1.00. The lowest BCUT2D eigenvalue weighted by Gasteiger charge is -2.08. The third kappa shape index (κ3) is 4.07. The lowest BCUT2D eigenvalue weighted by molar-refractivity contribution is -0.141. The smallest absolute Gasteiger partial charge is 0.337 e. The lowest BCUT2D eigenvalue weighted by Crippen LogP contribution is -2.19. The molecule has 1 aromatic carbocycles. The molecule has 0 aromatic heterocycles. The van der Waals surface area contributed by atoms with E-state index in [1.165, 1.54) is 0 Å². The molecule has 0 aliphatic rings. The molecule has 1 rings (SSSR count). The van der Waals surface area contributed by atoms with E-state index in [9.17, 15) is 18.0 Å². The van der Waals surface area contributed by atoms with Crippen LogP contribution in [0.3, 0.4) is 0 Å². The van der Waals surface area contributed by atoms with E-state index in [-0.39, 0.29) is 6.10 Å². The molecule has 0 fully saturated rings. The second kappa shape index (κ2) is 5.67. The van der Waals surface area contributed by atoms with Crippen LogP contribution in [-0.2, 0) is 9.53 Å². The zero-order valence-corrected chi connectivity index (χ0v) is 9.30. The van der Waals surface area contributed by atoms with Crippen molar-refractivity contribution in [2.24, 2.45) is 0 Å². The van der Waals surface area contributed by atoms with Gasteiger partial charge in [0, 0.05) is 12.1 Å². The molecule has 6 heteroatoms. The molecule has 94 valence electrons. The van der Waals surface area contributed by atoms with Crippen LogP contribution in [0.5, 0.6) is 5.75 Å². The molecule has 0 aliphatic heterocycles. The third-order valence-electron chi connectivity index (χ3n) is 1.71. The van der Waals surface area contributed by atoms with E-state index in [4.69, 9.17) is 4.74 Å². The van der Waals surface area contributed by atoms with Gasteiger partial charge in [0.15, 0.2) is 11.6 Å². The zero-order chi connectivity index (χ0) is 13.0. The van der Waals surface area contributed by atoms with Crippen molar-refractivity contribution in [3.63, 3.8) is 0 Å². The van der Waals surface area contributed by atoms with Gasteiger partial charge in [-0.1, -0.05) is 0 Å². The number of hydrogen-bond donors (Lipinski definition) is 0. The standard InChI is InChI=1S/C11H11F3O3/c1-6(2)16-5-10(15)17-11-8(13)3-7(12)4-9(11)14/h3-4,6H,5H2,1-2H3. The first-order valence-electron chi connectivity index (χ1n) is 4.87. The number of esters is 1. The predicted octanol–water partition coefficient (Wildman–Crippen LogP) is 2.43. The topological polar surface area (TPSA) is 35.5 Å². The molecule has 0 radical (unpaired) electrons. The molecule has 0 atom stereocenters. The number of carbonyl (C=O) groups excluding carboxylic acids is 1. The summed E-state index contributed by atoms with van der Waals surface area (Å²) in [7, 11) is 0. The molecule has 0 heterocycles. The van der Waals surface area contributed by atoms with E-state index in [0.717, 1.165) is 0 Å². The average molecular weight is 248 g/mol. The van der Waals surface area contributed by atoms with E-state index in [1.54, 1.807) is 13.8 Å². The Morgan fingerprint density at radius 2 is 1.76 bits per heavy atom. The van der Waals surface area contributed by atoms with Gasteiger partial charge in [0.05, 0.1) is 6.10 Å². The van der Waals surface area contributed by atoms with Crippen molar-refractivity contribution >= 4 is 5.97 Å². The largest absolute Gasteiger partial charge is 0.419 e. The SMILES string of the molecule is CC(C)OCC(=O)Oc1c(F)cc(F)cc1F. The van der Waals surface area contributed by atoms with Gasteiger partial charge in [0.2, 0.25) is 5.75 Å². The number of ether oxygens (including phenoxy) is 2. The number of hydrogen-bond acceptors (Lipinski definition) is 3. The summed E-state index contributed by atoms with van der Waals surface area (Å²) in [6.07, 6.45) is -0.217. The second-order valence-corrected chi connectivity index (χ2v) is 3.53. The van der Waals surface area contributed by atoms with Crippen molar-refractivity contribution in [1.82, 2.24) is 0 Å². The van der Waals surface area contributed by atoms with Crippen molar-refractivity contribution in [2.75, 3.05) is 6.61 Å². The van der Waals surface area contributed by atoms with Gasteiger partial charge < -0.3 is 9.47 Å². The van der Waals surface area contributed by atoms with Crippen LogP contribution in [0.25, 0.3) is 0 Å². The summed E-state index contributed by atoms with van der Waals surface area (Å²) in [5, 5.41) is 0. The van der Waals surface area contributed by atoms with Gasteiger partial charge in [0.1, 0.15) is 12.4 Å². The first kappa shape index (κ1) is 13.5. The fraction of sp³-hybridized carbons (Fsp3) is 0.364. The molecule has 0 unspecified atom stereocenters. The predicted molar refractivity (Wildman–Crippen MR) is 53.0 cm³/mol. The van der Waals surface area contributed by atoms with Crippen molar-refractivity contribution < 1.29 is 27.4 Å². The minimum Gasteiger partial charge on any atom is -0.419 e. The Kier molecular flexibility index (Phi) is 4.51. The Bertz CT molecular complexity index is 395. The first-order chi connectivity index (χ1) is 7.90. The summed E-state index contributed by atoms with van der Waals surface area (Å²) >= 11 is 0. The van der Waals surface area contributed by atoms with Gasteiger partial charge in [-0.2, -0.15) is 0 Å². The molecular formula is C11H11F3O3. The van der Waals surface area contributed by atoms with Crippen LogP contribution < -0.4 is 4.74 Å². The van der Waals surface area contributed by atoms with Crippen molar-refractivity contribution in [2.45, 2.75) is 20.0 Å². The molecule has 3 nitrogen and oxygen atoms in total. The molecule has 0 saturated carbocycles. The maximum Gasteiger partial charge on any atom is 0.337 e. The van der Waals surface area contributed by atoms with Crippen molar-refractivity contribution in [3.8, 4) is 5.75 Å². The van der Waals surface area contributed by atoms with Gasteiger partial charge >= 0.3 is 5.97 Å². The van der Waals surface area contributed by atoms with Crippen LogP contribution in [0, 0.1) is 17.5 Å². The summed E-state index contributed by atoms with van der Waals surface area (Å²) in [6.45, 7) is 2.94. The molecule has 17 heavy (non-hydrogen) atoms.